The van der Waals surface area contributed by atoms with Crippen LogP contribution in [0.15, 0.2) is 12.2 Å². The first-order valence-corrected chi connectivity index (χ1v) is 8.19. The minimum absolute atomic E-state index is 0.0471. The van der Waals surface area contributed by atoms with Crippen LogP contribution in [0.4, 0.5) is 0 Å². The van der Waals surface area contributed by atoms with Crippen molar-refractivity contribution in [3.05, 3.63) is 12.2 Å². The Bertz CT molecular complexity index is 379. The van der Waals surface area contributed by atoms with Crippen molar-refractivity contribution >= 4 is 5.97 Å². The average Bonchev–Trinajstić information content (AvgIpc) is 2.49. The van der Waals surface area contributed by atoms with E-state index >= 15 is 0 Å². The first kappa shape index (κ1) is 16.5. The number of nitrogens with zero attached hydrogens (tertiary/aromatic N) is 1. The summed E-state index contributed by atoms with van der Waals surface area (Å²) in [7, 11) is 2.07. The molecule has 1 saturated heterocycles. The van der Waals surface area contributed by atoms with Crippen molar-refractivity contribution in [3.8, 4) is 0 Å². The monoisotopic (exact) mass is 295 g/mol. The van der Waals surface area contributed by atoms with Crippen molar-refractivity contribution in [1.29, 1.82) is 0 Å². The normalized spacial score (nSPS) is 25.3. The summed E-state index contributed by atoms with van der Waals surface area (Å²) in [5, 5.41) is 10.6. The number of ether oxygens (including phenoxy) is 1. The van der Waals surface area contributed by atoms with Crippen LogP contribution >= 0.6 is 0 Å². The molecule has 120 valence electrons. The van der Waals surface area contributed by atoms with Gasteiger partial charge in [-0.05, 0) is 39.7 Å². The lowest BCUT2D eigenvalue weighted by Crippen LogP contribution is -2.46. The van der Waals surface area contributed by atoms with E-state index in [1.807, 2.05) is 6.92 Å². The summed E-state index contributed by atoms with van der Waals surface area (Å²) in [6, 6.07) is 0. The van der Waals surface area contributed by atoms with Crippen LogP contribution in [0.2, 0.25) is 0 Å². The number of carbonyl (C=O) groups excluding carboxylic acids is 1. The number of rotatable bonds is 4. The Kier molecular flexibility index (Phi) is 5.44. The fraction of sp³-hybridized carbons (Fsp3) is 0.824. The predicted octanol–water partition coefficient (Wildman–Crippen LogP) is 2.51. The molecule has 0 aromatic carbocycles. The van der Waals surface area contributed by atoms with E-state index in [4.69, 9.17) is 4.74 Å². The third kappa shape index (κ3) is 3.67. The molecule has 4 nitrogen and oxygen atoms in total. The van der Waals surface area contributed by atoms with Crippen LogP contribution in [0.3, 0.4) is 0 Å². The maximum Gasteiger partial charge on any atom is 0.336 e. The van der Waals surface area contributed by atoms with Gasteiger partial charge in [0.05, 0.1) is 0 Å². The summed E-state index contributed by atoms with van der Waals surface area (Å²) in [5.41, 5.74) is 0.441. The zero-order valence-corrected chi connectivity index (χ0v) is 13.4. The Balaban J connectivity index is 1.98. The number of aliphatic hydroxyl groups excluding tert-OH is 1. The summed E-state index contributed by atoms with van der Waals surface area (Å²) in [6.45, 7) is 7.85. The zero-order chi connectivity index (χ0) is 15.5. The lowest BCUT2D eigenvalue weighted by Gasteiger charge is -2.41. The first-order valence-electron chi connectivity index (χ1n) is 8.19. The lowest BCUT2D eigenvalue weighted by atomic mass is 9.66. The molecule has 2 aliphatic rings. The smallest absolute Gasteiger partial charge is 0.336 e. The van der Waals surface area contributed by atoms with Crippen LogP contribution in [0, 0.1) is 5.41 Å². The van der Waals surface area contributed by atoms with Crippen LogP contribution in [-0.4, -0.2) is 48.3 Å². The van der Waals surface area contributed by atoms with Gasteiger partial charge in [-0.1, -0.05) is 31.4 Å². The largest absolute Gasteiger partial charge is 0.460 e. The molecule has 2 fully saturated rings. The third-order valence-corrected chi connectivity index (χ3v) is 5.29. The van der Waals surface area contributed by atoms with E-state index in [1.165, 1.54) is 6.42 Å². The highest BCUT2D eigenvalue weighted by atomic mass is 16.6. The van der Waals surface area contributed by atoms with Crippen molar-refractivity contribution in [2.45, 2.75) is 64.1 Å². The Morgan fingerprint density at radius 1 is 1.29 bits per heavy atom. The molecule has 1 atom stereocenters. The fourth-order valence-electron chi connectivity index (χ4n) is 3.67. The molecular weight excluding hydrogens is 266 g/mol. The van der Waals surface area contributed by atoms with Gasteiger partial charge in [-0.3, -0.25) is 0 Å². The summed E-state index contributed by atoms with van der Waals surface area (Å²) in [6.07, 6.45) is 5.55. The summed E-state index contributed by atoms with van der Waals surface area (Å²) in [4.78, 5) is 14.6. The van der Waals surface area contributed by atoms with E-state index in [9.17, 15) is 9.90 Å². The Morgan fingerprint density at radius 2 is 1.86 bits per heavy atom. The predicted molar refractivity (Wildman–Crippen MR) is 82.9 cm³/mol. The van der Waals surface area contributed by atoms with E-state index in [0.29, 0.717) is 0 Å². The van der Waals surface area contributed by atoms with Gasteiger partial charge >= 0.3 is 5.97 Å². The number of hydrogen-bond acceptors (Lipinski definition) is 4. The van der Waals surface area contributed by atoms with Gasteiger partial charge in [0.25, 0.3) is 0 Å². The molecule has 21 heavy (non-hydrogen) atoms. The fourth-order valence-corrected chi connectivity index (χ4v) is 3.67. The Morgan fingerprint density at radius 3 is 2.38 bits per heavy atom. The summed E-state index contributed by atoms with van der Waals surface area (Å²) >= 11 is 0. The highest BCUT2D eigenvalue weighted by molar-refractivity contribution is 5.76. The van der Waals surface area contributed by atoms with E-state index in [2.05, 4.69) is 18.5 Å². The summed E-state index contributed by atoms with van der Waals surface area (Å²) in [5.74, 6) is -0.450. The highest BCUT2D eigenvalue weighted by Crippen LogP contribution is 2.45. The molecular formula is C17H29NO3. The van der Waals surface area contributed by atoms with Crippen molar-refractivity contribution in [2.24, 2.45) is 5.41 Å². The molecule has 4 heteroatoms. The second-order valence-corrected chi connectivity index (χ2v) is 6.84. The van der Waals surface area contributed by atoms with Crippen LogP contribution in [-0.2, 0) is 9.53 Å². The molecule has 0 aromatic heterocycles. The average molecular weight is 295 g/mol. The van der Waals surface area contributed by atoms with Crippen molar-refractivity contribution in [2.75, 3.05) is 20.1 Å². The molecule has 0 bridgehead atoms. The van der Waals surface area contributed by atoms with E-state index in [0.717, 1.165) is 57.2 Å². The number of esters is 1. The van der Waals surface area contributed by atoms with Crippen molar-refractivity contribution in [1.82, 2.24) is 4.90 Å². The van der Waals surface area contributed by atoms with Gasteiger partial charge in [0.15, 0.2) is 6.10 Å². The van der Waals surface area contributed by atoms with Crippen molar-refractivity contribution in [3.63, 3.8) is 0 Å². The molecule has 2 rings (SSSR count). The topological polar surface area (TPSA) is 49.8 Å². The number of carbonyl (C=O) groups is 1. The highest BCUT2D eigenvalue weighted by Gasteiger charge is 2.44. The van der Waals surface area contributed by atoms with Crippen LogP contribution in [0.5, 0.6) is 0 Å². The quantitative estimate of drug-likeness (QED) is 0.639. The molecule has 1 unspecified atom stereocenters. The van der Waals surface area contributed by atoms with Gasteiger partial charge in [-0.25, -0.2) is 4.79 Å². The van der Waals surface area contributed by atoms with Gasteiger partial charge in [0, 0.05) is 18.5 Å². The molecule has 1 aliphatic heterocycles. The van der Waals surface area contributed by atoms with Crippen molar-refractivity contribution < 1.29 is 14.6 Å². The van der Waals surface area contributed by atoms with Gasteiger partial charge < -0.3 is 14.7 Å². The minimum Gasteiger partial charge on any atom is -0.460 e. The molecule has 0 radical (unpaired) electrons. The molecule has 1 aliphatic carbocycles. The molecule has 1 N–H and O–H groups in total. The minimum atomic E-state index is -1.06. The number of aliphatic hydroxyl groups is 1. The van der Waals surface area contributed by atoms with Gasteiger partial charge in [-0.2, -0.15) is 0 Å². The van der Waals surface area contributed by atoms with Gasteiger partial charge in [-0.15, -0.1) is 0 Å². The van der Waals surface area contributed by atoms with Gasteiger partial charge in [0.2, 0.25) is 0 Å². The third-order valence-electron chi connectivity index (χ3n) is 5.29. The SMILES string of the molecule is C=C(C)C1(C(O)C(=O)OC2CCN(C)CC2)CCCCC1. The molecule has 1 heterocycles. The Hall–Kier alpha value is -0.870. The van der Waals surface area contributed by atoms with Crippen LogP contribution in [0.25, 0.3) is 0 Å². The number of likely N-dealkylation sites (tertiary alicyclic amines) is 1. The second-order valence-electron chi connectivity index (χ2n) is 6.84. The standard InChI is InChI=1S/C17H29NO3/c1-13(2)17(9-5-4-6-10-17)15(19)16(20)21-14-7-11-18(3)12-8-14/h14-15,19H,1,4-12H2,2-3H3. The van der Waals surface area contributed by atoms with Crippen LogP contribution < -0.4 is 0 Å². The molecule has 0 amide bonds. The van der Waals surface area contributed by atoms with E-state index in [-0.39, 0.29) is 6.10 Å². The van der Waals surface area contributed by atoms with E-state index in [1.54, 1.807) is 0 Å². The molecule has 0 spiro atoms. The number of piperidine rings is 1. The number of hydrogen-bond donors (Lipinski definition) is 1. The second kappa shape index (κ2) is 6.93. The lowest BCUT2D eigenvalue weighted by molar-refractivity contribution is -0.168. The van der Waals surface area contributed by atoms with Gasteiger partial charge in [0.1, 0.15) is 6.10 Å². The zero-order valence-electron chi connectivity index (χ0n) is 13.4. The van der Waals surface area contributed by atoms with Crippen LogP contribution in [0.1, 0.15) is 51.9 Å². The molecule has 0 aromatic rings. The van der Waals surface area contributed by atoms with E-state index < -0.39 is 17.5 Å². The maximum atomic E-state index is 12.4. The first-order chi connectivity index (χ1) is 9.95. The molecule has 1 saturated carbocycles. The summed E-state index contributed by atoms with van der Waals surface area (Å²) < 4.78 is 5.57. The Labute approximate surface area is 128 Å². The maximum absolute atomic E-state index is 12.4.